The zero-order chi connectivity index (χ0) is 29.2. The molecule has 3 aromatic rings. The lowest BCUT2D eigenvalue weighted by atomic mass is 9.96. The van der Waals surface area contributed by atoms with Crippen LogP contribution in [0.2, 0.25) is 0 Å². The molecule has 1 aliphatic heterocycles. The first-order valence-electron chi connectivity index (χ1n) is 14.4. The van der Waals surface area contributed by atoms with Gasteiger partial charge in [-0.05, 0) is 56.5 Å². The molecule has 1 aliphatic carbocycles. The van der Waals surface area contributed by atoms with Crippen LogP contribution in [-0.4, -0.2) is 89.4 Å². The Labute approximate surface area is 242 Å². The first-order valence-corrected chi connectivity index (χ1v) is 16.5. The van der Waals surface area contributed by atoms with Crippen LogP contribution in [0.15, 0.2) is 42.7 Å². The summed E-state index contributed by atoms with van der Waals surface area (Å²) in [5.41, 5.74) is 0.984. The smallest absolute Gasteiger partial charge is 0.404 e. The highest BCUT2D eigenvalue weighted by atomic mass is 32.2. The summed E-state index contributed by atoms with van der Waals surface area (Å²) in [6.45, 7) is 5.34. The van der Waals surface area contributed by atoms with E-state index in [1.54, 1.807) is 6.20 Å². The summed E-state index contributed by atoms with van der Waals surface area (Å²) in [4.78, 5) is 21.6. The molecular formula is C29H42N6O5S. The molecule has 1 amide bonds. The maximum Gasteiger partial charge on any atom is 0.404 e. The van der Waals surface area contributed by atoms with E-state index < -0.39 is 15.9 Å². The molecule has 5 rings (SSSR count). The number of carbonyl (C=O) groups is 1. The number of amides is 1. The van der Waals surface area contributed by atoms with Gasteiger partial charge in [0.25, 0.3) is 0 Å². The van der Waals surface area contributed by atoms with Crippen LogP contribution in [0.5, 0.6) is 5.75 Å². The third-order valence-corrected chi connectivity index (χ3v) is 8.51. The molecular weight excluding hydrogens is 544 g/mol. The number of carboxylic acid groups (broad SMARTS) is 1. The summed E-state index contributed by atoms with van der Waals surface area (Å²) in [5, 5.41) is 15.3. The van der Waals surface area contributed by atoms with Gasteiger partial charge >= 0.3 is 6.09 Å². The van der Waals surface area contributed by atoms with E-state index in [0.717, 1.165) is 48.5 Å². The van der Waals surface area contributed by atoms with Crippen molar-refractivity contribution in [2.24, 2.45) is 0 Å². The third-order valence-electron chi connectivity index (χ3n) is 7.48. The Bertz CT molecular complexity index is 1390. The number of fused-ring (bicyclic) bond motifs is 1. The van der Waals surface area contributed by atoms with Crippen molar-refractivity contribution in [2.45, 2.75) is 64.0 Å². The van der Waals surface area contributed by atoms with Crippen LogP contribution in [0, 0.1) is 0 Å². The van der Waals surface area contributed by atoms with E-state index in [0.29, 0.717) is 25.0 Å². The van der Waals surface area contributed by atoms with Crippen LogP contribution >= 0.6 is 0 Å². The number of hydrogen-bond donors (Lipinski definition) is 3. The molecule has 0 radical (unpaired) electrons. The number of benzene rings is 1. The molecule has 1 saturated heterocycles. The molecule has 3 heterocycles. The van der Waals surface area contributed by atoms with Gasteiger partial charge in [0.1, 0.15) is 21.4 Å². The minimum atomic E-state index is -2.97. The van der Waals surface area contributed by atoms with Crippen molar-refractivity contribution < 1.29 is 23.1 Å². The van der Waals surface area contributed by atoms with E-state index >= 15 is 0 Å². The van der Waals surface area contributed by atoms with Gasteiger partial charge in [0.2, 0.25) is 5.95 Å². The highest BCUT2D eigenvalue weighted by Gasteiger charge is 2.22. The molecule has 3 N–H and O–H groups in total. The minimum absolute atomic E-state index is 0.127. The lowest BCUT2D eigenvalue weighted by Crippen LogP contribution is -2.35. The molecule has 1 aromatic carbocycles. The van der Waals surface area contributed by atoms with Crippen LogP contribution in [0.4, 0.5) is 10.7 Å². The van der Waals surface area contributed by atoms with Crippen LogP contribution in [0.1, 0.15) is 51.9 Å². The van der Waals surface area contributed by atoms with Gasteiger partial charge in [-0.25, -0.2) is 18.2 Å². The second-order valence-electron chi connectivity index (χ2n) is 10.8. The van der Waals surface area contributed by atoms with Gasteiger partial charge < -0.3 is 29.9 Å². The third kappa shape index (κ3) is 9.32. The van der Waals surface area contributed by atoms with Gasteiger partial charge in [0, 0.05) is 49.2 Å². The fourth-order valence-corrected chi connectivity index (χ4v) is 6.01. The van der Waals surface area contributed by atoms with Crippen LogP contribution in [-0.2, 0) is 9.84 Å². The van der Waals surface area contributed by atoms with E-state index in [9.17, 15) is 13.2 Å². The summed E-state index contributed by atoms with van der Waals surface area (Å²) in [5.74, 6) is 2.33. The largest absolute Gasteiger partial charge is 0.493 e. The normalized spacial score (nSPS) is 18.0. The molecule has 0 bridgehead atoms. The Balaban J connectivity index is 0.000000296. The lowest BCUT2D eigenvalue weighted by Gasteiger charge is -2.22. The maximum absolute atomic E-state index is 11.3. The van der Waals surface area contributed by atoms with Gasteiger partial charge in [-0.1, -0.05) is 32.3 Å². The standard InChI is InChI=1S/C22H28N4O3S.C7H14N2O2/c1-30(27,28)16-6-15-29-20-10-5-9-19-18(20)12-14-26(19)21-11-13-23-22(25-21)24-17-7-3-2-4-8-17;1-2-9-4-3-6(5-9)8-7(10)11/h5,9-14,17H,2-4,6-8,15-16H2,1H3,(H,23,24,25);6,8H,2-5H2,1H3,(H,10,11)/t;6-/m.0/s1. The second-order valence-corrected chi connectivity index (χ2v) is 13.0. The van der Waals surface area contributed by atoms with Crippen molar-refractivity contribution in [1.82, 2.24) is 24.8 Å². The number of nitrogens with zero attached hydrogens (tertiary/aromatic N) is 4. The fourth-order valence-electron chi connectivity index (χ4n) is 5.36. The van der Waals surface area contributed by atoms with Crippen molar-refractivity contribution >= 4 is 32.8 Å². The number of likely N-dealkylation sites (N-methyl/N-ethyl adjacent to an activating group) is 1. The van der Waals surface area contributed by atoms with E-state index in [1.165, 1.54) is 38.4 Å². The SMILES string of the molecule is CCN1CC[C@H](NC(=O)O)C1.CS(=O)(=O)CCCOc1cccc2c1ccn2-c1ccnc(NC2CCCCC2)n1. The summed E-state index contributed by atoms with van der Waals surface area (Å²) < 4.78 is 30.5. The van der Waals surface area contributed by atoms with E-state index in [1.807, 2.05) is 41.1 Å². The average molecular weight is 587 g/mol. The predicted octanol–water partition coefficient (Wildman–Crippen LogP) is 4.33. The molecule has 2 aromatic heterocycles. The molecule has 2 aliphatic rings. The van der Waals surface area contributed by atoms with Gasteiger partial charge in [-0.2, -0.15) is 4.98 Å². The zero-order valence-corrected chi connectivity index (χ0v) is 24.8. The highest BCUT2D eigenvalue weighted by molar-refractivity contribution is 7.90. The monoisotopic (exact) mass is 586 g/mol. The van der Waals surface area contributed by atoms with Crippen molar-refractivity contribution in [3.8, 4) is 11.6 Å². The summed E-state index contributed by atoms with van der Waals surface area (Å²) >= 11 is 0. The quantitative estimate of drug-likeness (QED) is 0.296. The van der Waals surface area contributed by atoms with Crippen molar-refractivity contribution in [3.05, 3.63) is 42.7 Å². The van der Waals surface area contributed by atoms with Crippen molar-refractivity contribution in [2.75, 3.05) is 43.6 Å². The molecule has 0 unspecified atom stereocenters. The van der Waals surface area contributed by atoms with Crippen LogP contribution in [0.3, 0.4) is 0 Å². The predicted molar refractivity (Wildman–Crippen MR) is 161 cm³/mol. The van der Waals surface area contributed by atoms with Crippen LogP contribution < -0.4 is 15.4 Å². The van der Waals surface area contributed by atoms with Crippen LogP contribution in [0.25, 0.3) is 16.7 Å². The summed E-state index contributed by atoms with van der Waals surface area (Å²) in [7, 11) is -2.97. The number of aromatic nitrogens is 3. The summed E-state index contributed by atoms with van der Waals surface area (Å²) in [6, 6.07) is 10.4. The zero-order valence-electron chi connectivity index (χ0n) is 24.0. The molecule has 11 nitrogen and oxygen atoms in total. The Morgan fingerprint density at radius 3 is 2.63 bits per heavy atom. The minimum Gasteiger partial charge on any atom is -0.493 e. The Hall–Kier alpha value is -3.38. The number of rotatable bonds is 10. The Kier molecular flexibility index (Phi) is 10.8. The number of anilines is 1. The van der Waals surface area contributed by atoms with Gasteiger partial charge in [-0.15, -0.1) is 0 Å². The maximum atomic E-state index is 11.3. The first kappa shape index (κ1) is 30.6. The number of sulfone groups is 1. The van der Waals surface area contributed by atoms with Crippen molar-refractivity contribution in [3.63, 3.8) is 0 Å². The molecule has 41 heavy (non-hydrogen) atoms. The lowest BCUT2D eigenvalue weighted by molar-refractivity contribution is 0.189. The Morgan fingerprint density at radius 1 is 1.12 bits per heavy atom. The van der Waals surface area contributed by atoms with Gasteiger partial charge in [0.05, 0.1) is 17.9 Å². The molecule has 1 saturated carbocycles. The average Bonchev–Trinajstić information content (AvgIpc) is 3.59. The fraction of sp³-hybridized carbons (Fsp3) is 0.552. The van der Waals surface area contributed by atoms with Crippen molar-refractivity contribution in [1.29, 1.82) is 0 Å². The van der Waals surface area contributed by atoms with E-state index in [-0.39, 0.29) is 11.8 Å². The first-order chi connectivity index (χ1) is 19.7. The van der Waals surface area contributed by atoms with E-state index in [4.69, 9.17) is 14.8 Å². The summed E-state index contributed by atoms with van der Waals surface area (Å²) in [6.07, 6.45) is 11.7. The molecule has 224 valence electrons. The van der Waals surface area contributed by atoms with Gasteiger partial charge in [0.15, 0.2) is 0 Å². The van der Waals surface area contributed by atoms with E-state index in [2.05, 4.69) is 27.4 Å². The molecule has 12 heteroatoms. The number of hydrogen-bond acceptors (Lipinski definition) is 8. The highest BCUT2D eigenvalue weighted by Crippen LogP contribution is 2.29. The number of ether oxygens (including phenoxy) is 1. The molecule has 1 atom stereocenters. The number of likely N-dealkylation sites (tertiary alicyclic amines) is 1. The topological polar surface area (TPSA) is 139 Å². The molecule has 2 fully saturated rings. The number of nitrogens with one attached hydrogen (secondary N) is 2. The molecule has 0 spiro atoms. The van der Waals surface area contributed by atoms with Gasteiger partial charge in [-0.3, -0.25) is 0 Å². The second kappa shape index (κ2) is 14.5. The Morgan fingerprint density at radius 2 is 1.93 bits per heavy atom.